The largest absolute Gasteiger partial charge is 0.107 e. The third kappa shape index (κ3) is 4.34. The van der Waals surface area contributed by atoms with E-state index in [1.165, 1.54) is 11.4 Å². The van der Waals surface area contributed by atoms with Gasteiger partial charge in [-0.2, -0.15) is 0 Å². The van der Waals surface area contributed by atoms with Crippen molar-refractivity contribution < 1.29 is 9.84 Å². The van der Waals surface area contributed by atoms with Gasteiger partial charge in [0, 0.05) is 0 Å². The zero-order valence-corrected chi connectivity index (χ0v) is 14.1. The molecule has 90 valence electrons. The van der Waals surface area contributed by atoms with E-state index in [1.54, 1.807) is 0 Å². The van der Waals surface area contributed by atoms with Crippen LogP contribution in [0.3, 0.4) is 0 Å². The zero-order chi connectivity index (χ0) is 11.5. The summed E-state index contributed by atoms with van der Waals surface area (Å²) in [6.45, 7) is 0. The van der Waals surface area contributed by atoms with Gasteiger partial charge < -0.3 is 0 Å². The van der Waals surface area contributed by atoms with Crippen LogP contribution in [0.1, 0.15) is 0 Å². The second-order valence-corrected chi connectivity index (χ2v) is 13.5. The van der Waals surface area contributed by atoms with Crippen LogP contribution < -0.4 is 14.2 Å². The molecule has 0 saturated carbocycles. The topological polar surface area (TPSA) is 44.7 Å². The van der Waals surface area contributed by atoms with Crippen LogP contribution in [-0.4, -0.2) is 26.7 Å². The molecule has 1 aromatic rings. The summed E-state index contributed by atoms with van der Waals surface area (Å²) in [5.41, 5.74) is 6.73. The quantitative estimate of drug-likeness (QED) is 0.329. The van der Waals surface area contributed by atoms with E-state index in [-0.39, 0.29) is 24.0 Å². The van der Waals surface area contributed by atoms with Gasteiger partial charge in [-0.15, -0.1) is 24.0 Å². The number of hydrogen-bond acceptors (Lipinski definition) is 3. The van der Waals surface area contributed by atoms with Crippen LogP contribution in [0.25, 0.3) is 0 Å². The van der Waals surface area contributed by atoms with E-state index in [1.807, 2.05) is 24.3 Å². The molecular formula is C11H17AsINO2. The van der Waals surface area contributed by atoms with Gasteiger partial charge in [0.2, 0.25) is 0 Å². The van der Waals surface area contributed by atoms with Crippen molar-refractivity contribution in [2.45, 2.75) is 17.1 Å². The summed E-state index contributed by atoms with van der Waals surface area (Å²) in [5, 5.41) is 11.1. The second kappa shape index (κ2) is 6.50. The summed E-state index contributed by atoms with van der Waals surface area (Å²) in [5.74, 6) is 0.660. The molecule has 0 atom stereocenters. The molecule has 1 aromatic carbocycles. The van der Waals surface area contributed by atoms with Crippen LogP contribution in [-0.2, 0) is 0 Å². The van der Waals surface area contributed by atoms with Crippen LogP contribution >= 0.6 is 24.0 Å². The van der Waals surface area contributed by atoms with Gasteiger partial charge in [-0.3, -0.25) is 0 Å². The number of benzene rings is 1. The van der Waals surface area contributed by atoms with E-state index in [4.69, 9.17) is 4.74 Å². The number of hydrogen-bond donors (Lipinski definition) is 0. The molecule has 0 saturated heterocycles. The Morgan fingerprint density at radius 3 is 2.31 bits per heavy atom. The van der Waals surface area contributed by atoms with Gasteiger partial charge in [-0.05, 0) is 0 Å². The molecule has 0 heterocycles. The van der Waals surface area contributed by atoms with Crippen LogP contribution in [0.15, 0.2) is 29.3 Å². The van der Waals surface area contributed by atoms with Gasteiger partial charge >= 0.3 is 93.0 Å². The fraction of sp³-hybridized carbons (Fsp3) is 0.364. The van der Waals surface area contributed by atoms with Crippen LogP contribution in [0.4, 0.5) is 0 Å². The van der Waals surface area contributed by atoms with Crippen molar-refractivity contribution in [2.75, 3.05) is 7.05 Å². The minimum atomic E-state index is -1.81. The monoisotopic (exact) mass is 397 g/mol. The van der Waals surface area contributed by atoms with E-state index >= 15 is 0 Å². The summed E-state index contributed by atoms with van der Waals surface area (Å²) in [4.78, 5) is 3.46. The standard InChI is InChI=1S/C11H16AsNO2.HI/c1-12(2,3)9-7-5-6-8-10(9)15-11(14)13-4;/h5-8H,1-4H3;1H. The molecule has 3 nitrogen and oxygen atoms in total. The van der Waals surface area contributed by atoms with Gasteiger partial charge in [0.1, 0.15) is 0 Å². The van der Waals surface area contributed by atoms with Crippen molar-refractivity contribution in [1.82, 2.24) is 0 Å². The first-order valence-corrected chi connectivity index (χ1v) is 11.2. The Hall–Kier alpha value is -0.222. The van der Waals surface area contributed by atoms with Gasteiger partial charge in [-0.1, -0.05) is 0 Å². The predicted molar refractivity (Wildman–Crippen MR) is 78.8 cm³/mol. The fourth-order valence-corrected chi connectivity index (χ4v) is 4.00. The maximum absolute atomic E-state index is 11.1. The molecular weight excluding hydrogens is 380 g/mol. The van der Waals surface area contributed by atoms with Crippen molar-refractivity contribution in [3.63, 3.8) is 0 Å². The minimum Gasteiger partial charge on any atom is -0.107 e. The number of ether oxygens (including phenoxy) is 1. The van der Waals surface area contributed by atoms with Crippen LogP contribution in [0, 0.1) is 0 Å². The summed E-state index contributed by atoms with van der Waals surface area (Å²) < 4.78 is 6.33. The summed E-state index contributed by atoms with van der Waals surface area (Å²) >= 11 is -1.81. The van der Waals surface area contributed by atoms with Crippen LogP contribution in [0.2, 0.25) is 17.1 Å². The van der Waals surface area contributed by atoms with E-state index in [0.717, 1.165) is 0 Å². The molecule has 0 fully saturated rings. The Kier molecular flexibility index (Phi) is 6.41. The van der Waals surface area contributed by atoms with Gasteiger partial charge in [0.25, 0.3) is 0 Å². The van der Waals surface area contributed by atoms with Crippen molar-refractivity contribution in [1.29, 1.82) is 0 Å². The maximum Gasteiger partial charge on any atom is -0.107 e. The summed E-state index contributed by atoms with van der Waals surface area (Å²) in [6, 6.07) is 7.70. The Bertz CT molecular complexity index is 374. The normalized spacial score (nSPS) is 11.9. The van der Waals surface area contributed by atoms with E-state index < -0.39 is 19.6 Å². The first-order valence-electron chi connectivity index (χ1n) is 4.68. The summed E-state index contributed by atoms with van der Waals surface area (Å²) in [6.07, 6.45) is -0.536. The molecule has 0 amide bonds. The smallest absolute Gasteiger partial charge is 0.107 e. The number of halogens is 1. The molecule has 0 aliphatic heterocycles. The van der Waals surface area contributed by atoms with E-state index in [9.17, 15) is 5.11 Å². The van der Waals surface area contributed by atoms with E-state index in [2.05, 4.69) is 22.1 Å². The fourth-order valence-electron chi connectivity index (χ4n) is 1.24. The van der Waals surface area contributed by atoms with Crippen molar-refractivity contribution in [2.24, 2.45) is 4.99 Å². The molecule has 0 bridgehead atoms. The number of aliphatic imine (C=N–C) groups is 1. The molecule has 0 radical (unpaired) electrons. The Morgan fingerprint density at radius 1 is 1.25 bits per heavy atom. The van der Waals surface area contributed by atoms with Crippen molar-refractivity contribution in [3.05, 3.63) is 24.3 Å². The molecule has 0 aliphatic carbocycles. The van der Waals surface area contributed by atoms with Crippen molar-refractivity contribution >= 4 is 48.0 Å². The van der Waals surface area contributed by atoms with Crippen molar-refractivity contribution in [3.8, 4) is 5.75 Å². The SMILES string of the molecule is CN=C([O-])Oc1ccccc1[As+](C)(C)C.I. The van der Waals surface area contributed by atoms with Gasteiger partial charge in [0.05, 0.1) is 0 Å². The van der Waals surface area contributed by atoms with Gasteiger partial charge in [0.15, 0.2) is 0 Å². The first kappa shape index (κ1) is 15.8. The third-order valence-electron chi connectivity index (χ3n) is 1.97. The molecule has 16 heavy (non-hydrogen) atoms. The predicted octanol–water partition coefficient (Wildman–Crippen LogP) is 1.57. The molecule has 0 aliphatic rings. The first-order chi connectivity index (χ1) is 6.95. The Balaban J connectivity index is 0.00000225. The average molecular weight is 397 g/mol. The number of para-hydroxylation sites is 1. The molecule has 1 rings (SSSR count). The third-order valence-corrected chi connectivity index (χ3v) is 5.78. The zero-order valence-electron chi connectivity index (χ0n) is 9.93. The molecule has 0 aromatic heterocycles. The summed E-state index contributed by atoms with van der Waals surface area (Å²) in [7, 11) is 1.43. The second-order valence-electron chi connectivity index (χ2n) is 4.07. The molecule has 0 spiro atoms. The number of rotatable bonds is 2. The van der Waals surface area contributed by atoms with Gasteiger partial charge in [-0.25, -0.2) is 0 Å². The Labute approximate surface area is 116 Å². The number of nitrogens with zero attached hydrogens (tertiary/aromatic N) is 1. The molecule has 0 unspecified atom stereocenters. The van der Waals surface area contributed by atoms with Crippen LogP contribution in [0.5, 0.6) is 5.75 Å². The maximum atomic E-state index is 11.1. The molecule has 5 heteroatoms. The Morgan fingerprint density at radius 2 is 1.81 bits per heavy atom. The minimum absolute atomic E-state index is 0. The molecule has 0 N–H and O–H groups in total. The van der Waals surface area contributed by atoms with E-state index in [0.29, 0.717) is 5.75 Å². The average Bonchev–Trinajstić information content (AvgIpc) is 2.17.